The van der Waals surface area contributed by atoms with Gasteiger partial charge in [0.25, 0.3) is 0 Å². The number of carbonyl (C=O) groups is 1. The minimum atomic E-state index is -0.616. The summed E-state index contributed by atoms with van der Waals surface area (Å²) in [6.07, 6.45) is -0.616. The second-order valence-corrected chi connectivity index (χ2v) is 4.64. The Balaban J connectivity index is 1.98. The van der Waals surface area contributed by atoms with Crippen molar-refractivity contribution in [2.45, 2.75) is 0 Å². The Hall–Kier alpha value is -2.89. The first-order chi connectivity index (χ1) is 10.7. The van der Waals surface area contributed by atoms with E-state index in [4.69, 9.17) is 9.47 Å². The molecule has 0 atom stereocenters. The van der Waals surface area contributed by atoms with Crippen molar-refractivity contribution in [1.82, 2.24) is 5.43 Å². The van der Waals surface area contributed by atoms with Gasteiger partial charge < -0.3 is 9.47 Å². The Kier molecular flexibility index (Phi) is 3.74. The highest BCUT2D eigenvalue weighted by Crippen LogP contribution is 2.31. The number of methoxy groups -OCH3 is 1. The molecule has 0 radical (unpaired) electrons. The van der Waals surface area contributed by atoms with Gasteiger partial charge in [-0.3, -0.25) is 0 Å². The molecular weight excluding hydrogens is 287 g/mol. The van der Waals surface area contributed by atoms with Gasteiger partial charge in [-0.1, -0.05) is 30.3 Å². The van der Waals surface area contributed by atoms with E-state index < -0.39 is 11.9 Å². The summed E-state index contributed by atoms with van der Waals surface area (Å²) in [5.74, 6) is 0.196. The fourth-order valence-corrected chi connectivity index (χ4v) is 2.24. The molecule has 22 heavy (non-hydrogen) atoms. The summed E-state index contributed by atoms with van der Waals surface area (Å²) in [6, 6.07) is 12.0. The third kappa shape index (κ3) is 2.63. The second-order valence-electron chi connectivity index (χ2n) is 4.64. The lowest BCUT2D eigenvalue weighted by molar-refractivity contribution is 0.157. The van der Waals surface area contributed by atoms with Crippen molar-refractivity contribution in [1.29, 1.82) is 0 Å². The standard InChI is InChI=1S/C16H13FN2O3/c1-21-15-5-3-2-4-12(15)11-7-6-10(8-13(11)17)14-9-22-16(20)19-18-14/h2-8H,9H2,1H3,(H,19,20). The molecule has 5 nitrogen and oxygen atoms in total. The van der Waals surface area contributed by atoms with Crippen molar-refractivity contribution in [2.24, 2.45) is 5.10 Å². The van der Waals surface area contributed by atoms with Crippen molar-refractivity contribution < 1.29 is 18.7 Å². The van der Waals surface area contributed by atoms with Gasteiger partial charge in [0.15, 0.2) is 0 Å². The minimum Gasteiger partial charge on any atom is -0.496 e. The molecule has 6 heteroatoms. The molecule has 1 heterocycles. The van der Waals surface area contributed by atoms with E-state index in [1.807, 2.05) is 12.1 Å². The molecule has 0 unspecified atom stereocenters. The maximum absolute atomic E-state index is 14.4. The molecule has 2 aromatic carbocycles. The summed E-state index contributed by atoms with van der Waals surface area (Å²) in [7, 11) is 1.54. The van der Waals surface area contributed by atoms with E-state index in [-0.39, 0.29) is 6.61 Å². The number of rotatable bonds is 3. The first-order valence-corrected chi connectivity index (χ1v) is 6.61. The van der Waals surface area contributed by atoms with Gasteiger partial charge in [0.05, 0.1) is 7.11 Å². The third-order valence-electron chi connectivity index (χ3n) is 3.32. The number of benzene rings is 2. The average Bonchev–Trinajstić information content (AvgIpc) is 2.55. The number of nitrogens with one attached hydrogen (secondary N) is 1. The summed E-state index contributed by atoms with van der Waals surface area (Å²) in [4.78, 5) is 10.9. The lowest BCUT2D eigenvalue weighted by Crippen LogP contribution is -2.30. The zero-order chi connectivity index (χ0) is 15.5. The van der Waals surface area contributed by atoms with Crippen LogP contribution in [0.25, 0.3) is 11.1 Å². The summed E-state index contributed by atoms with van der Waals surface area (Å²) < 4.78 is 24.5. The predicted molar refractivity (Wildman–Crippen MR) is 79.4 cm³/mol. The van der Waals surface area contributed by atoms with Gasteiger partial charge in [0, 0.05) is 16.7 Å². The lowest BCUT2D eigenvalue weighted by Gasteiger charge is -2.14. The number of para-hydroxylation sites is 1. The molecule has 1 aliphatic rings. The van der Waals surface area contributed by atoms with Crippen LogP contribution in [0.1, 0.15) is 5.56 Å². The maximum Gasteiger partial charge on any atom is 0.428 e. The summed E-state index contributed by atoms with van der Waals surface area (Å²) in [6.45, 7) is 0.0132. The molecule has 112 valence electrons. The van der Waals surface area contributed by atoms with Crippen LogP contribution < -0.4 is 10.2 Å². The summed E-state index contributed by atoms with van der Waals surface area (Å²) in [5, 5.41) is 3.86. The van der Waals surface area contributed by atoms with E-state index in [9.17, 15) is 9.18 Å². The number of hydrogen-bond acceptors (Lipinski definition) is 4. The topological polar surface area (TPSA) is 59.9 Å². The van der Waals surface area contributed by atoms with Crippen molar-refractivity contribution >= 4 is 11.8 Å². The molecule has 1 N–H and O–H groups in total. The normalized spacial score (nSPS) is 13.9. The quantitative estimate of drug-likeness (QED) is 0.948. The minimum absolute atomic E-state index is 0.0132. The van der Waals surface area contributed by atoms with E-state index in [1.165, 1.54) is 6.07 Å². The van der Waals surface area contributed by atoms with Crippen molar-refractivity contribution in [3.05, 3.63) is 53.8 Å². The van der Waals surface area contributed by atoms with E-state index >= 15 is 0 Å². The number of cyclic esters (lactones) is 1. The van der Waals surface area contributed by atoms with Crippen LogP contribution in [0.4, 0.5) is 9.18 Å². The van der Waals surface area contributed by atoms with Crippen LogP contribution >= 0.6 is 0 Å². The predicted octanol–water partition coefficient (Wildman–Crippen LogP) is 2.95. The first kappa shape index (κ1) is 14.1. The summed E-state index contributed by atoms with van der Waals surface area (Å²) in [5.41, 5.74) is 4.32. The second kappa shape index (κ2) is 5.85. The molecule has 0 bridgehead atoms. The molecule has 3 rings (SSSR count). The van der Waals surface area contributed by atoms with Gasteiger partial charge in [0.1, 0.15) is 23.9 Å². The fourth-order valence-electron chi connectivity index (χ4n) is 2.24. The molecule has 2 aromatic rings. The smallest absolute Gasteiger partial charge is 0.428 e. The zero-order valence-corrected chi connectivity index (χ0v) is 11.8. The number of hydrazone groups is 1. The van der Waals surface area contributed by atoms with Crippen molar-refractivity contribution in [3.8, 4) is 16.9 Å². The number of amides is 1. The highest BCUT2D eigenvalue weighted by molar-refractivity contribution is 6.04. The highest BCUT2D eigenvalue weighted by Gasteiger charge is 2.16. The van der Waals surface area contributed by atoms with Gasteiger partial charge in [-0.05, 0) is 12.1 Å². The molecule has 1 aliphatic heterocycles. The maximum atomic E-state index is 14.4. The Labute approximate surface area is 126 Å². The number of halogens is 1. The van der Waals surface area contributed by atoms with Gasteiger partial charge in [-0.25, -0.2) is 14.6 Å². The van der Waals surface area contributed by atoms with Gasteiger partial charge in [0.2, 0.25) is 0 Å². The van der Waals surface area contributed by atoms with Crippen LogP contribution in [-0.4, -0.2) is 25.5 Å². The Morgan fingerprint density at radius 3 is 2.73 bits per heavy atom. The van der Waals surface area contributed by atoms with Crippen LogP contribution in [0.5, 0.6) is 5.75 Å². The highest BCUT2D eigenvalue weighted by atomic mass is 19.1. The third-order valence-corrected chi connectivity index (χ3v) is 3.32. The van der Waals surface area contributed by atoms with Gasteiger partial charge in [-0.15, -0.1) is 0 Å². The number of carbonyl (C=O) groups excluding carboxylic acids is 1. The largest absolute Gasteiger partial charge is 0.496 e. The molecule has 0 aliphatic carbocycles. The zero-order valence-electron chi connectivity index (χ0n) is 11.8. The van der Waals surface area contributed by atoms with Crippen molar-refractivity contribution in [2.75, 3.05) is 13.7 Å². The number of hydrogen-bond donors (Lipinski definition) is 1. The number of nitrogens with zero attached hydrogens (tertiary/aromatic N) is 1. The Morgan fingerprint density at radius 2 is 2.05 bits per heavy atom. The van der Waals surface area contributed by atoms with Gasteiger partial charge >= 0.3 is 6.09 Å². The first-order valence-electron chi connectivity index (χ1n) is 6.61. The van der Waals surface area contributed by atoms with Crippen LogP contribution in [-0.2, 0) is 4.74 Å². The van der Waals surface area contributed by atoms with Crippen molar-refractivity contribution in [3.63, 3.8) is 0 Å². The van der Waals surface area contributed by atoms with E-state index in [2.05, 4.69) is 10.5 Å². The molecule has 0 saturated carbocycles. The summed E-state index contributed by atoms with van der Waals surface area (Å²) >= 11 is 0. The van der Waals surface area contributed by atoms with E-state index in [0.29, 0.717) is 28.2 Å². The van der Waals surface area contributed by atoms with E-state index in [1.54, 1.807) is 31.4 Å². The fraction of sp³-hybridized carbons (Fsp3) is 0.125. The Bertz CT molecular complexity index is 759. The number of ether oxygens (including phenoxy) is 2. The molecule has 1 amide bonds. The molecule has 0 spiro atoms. The molecule has 0 aromatic heterocycles. The van der Waals surface area contributed by atoms with Gasteiger partial charge in [-0.2, -0.15) is 5.10 Å². The molecular formula is C16H13FN2O3. The van der Waals surface area contributed by atoms with Crippen LogP contribution in [0.3, 0.4) is 0 Å². The molecule has 0 saturated heterocycles. The lowest BCUT2D eigenvalue weighted by atomic mass is 10.0. The van der Waals surface area contributed by atoms with Crippen LogP contribution in [0.15, 0.2) is 47.6 Å². The van der Waals surface area contributed by atoms with Crippen LogP contribution in [0, 0.1) is 5.82 Å². The van der Waals surface area contributed by atoms with E-state index in [0.717, 1.165) is 0 Å². The molecule has 0 fully saturated rings. The SMILES string of the molecule is COc1ccccc1-c1ccc(C2=NNC(=O)OC2)cc1F. The Morgan fingerprint density at radius 1 is 1.23 bits per heavy atom. The van der Waals surface area contributed by atoms with Crippen LogP contribution in [0.2, 0.25) is 0 Å². The average molecular weight is 300 g/mol. The monoisotopic (exact) mass is 300 g/mol.